The van der Waals surface area contributed by atoms with E-state index in [0.29, 0.717) is 23.2 Å². The van der Waals surface area contributed by atoms with Crippen LogP contribution < -0.4 is 15.9 Å². The van der Waals surface area contributed by atoms with Crippen LogP contribution in [0.3, 0.4) is 0 Å². The van der Waals surface area contributed by atoms with Gasteiger partial charge in [0.15, 0.2) is 11.3 Å². The second kappa shape index (κ2) is 11.8. The number of anilines is 1. The number of nitrogens with one attached hydrogen (secondary N) is 1. The normalized spacial score (nSPS) is 13.9. The lowest BCUT2D eigenvalue weighted by molar-refractivity contribution is 0.0945. The van der Waals surface area contributed by atoms with Gasteiger partial charge < -0.3 is 14.9 Å². The number of ether oxygens (including phenoxy) is 1. The summed E-state index contributed by atoms with van der Waals surface area (Å²) >= 11 is 1.46. The van der Waals surface area contributed by atoms with Crippen molar-refractivity contribution in [3.8, 4) is 11.6 Å². The Morgan fingerprint density at radius 2 is 2.07 bits per heavy atom. The molecule has 5 aromatic rings. The number of hydrazone groups is 1. The van der Waals surface area contributed by atoms with Crippen molar-refractivity contribution in [2.45, 2.75) is 30.4 Å². The molecule has 15 heteroatoms. The number of carbonyl (C=O) groups is 1. The zero-order valence-corrected chi connectivity index (χ0v) is 22.9. The van der Waals surface area contributed by atoms with Crippen molar-refractivity contribution in [3.63, 3.8) is 0 Å². The second-order valence-corrected chi connectivity index (χ2v) is 10.2. The Morgan fingerprint density at radius 3 is 2.85 bits per heavy atom. The first-order valence-corrected chi connectivity index (χ1v) is 13.8. The van der Waals surface area contributed by atoms with Crippen LogP contribution in [0.2, 0.25) is 0 Å². The average molecular weight is 575 g/mol. The minimum atomic E-state index is -0.525. The number of amides is 1. The molecule has 41 heavy (non-hydrogen) atoms. The molecule has 0 unspecified atom stereocenters. The van der Waals surface area contributed by atoms with Crippen LogP contribution in [0.1, 0.15) is 40.2 Å². The van der Waals surface area contributed by atoms with Crippen LogP contribution >= 0.6 is 11.8 Å². The van der Waals surface area contributed by atoms with Gasteiger partial charge in [0.2, 0.25) is 11.6 Å². The first-order valence-electron chi connectivity index (χ1n) is 12.8. The molecule has 0 atom stereocenters. The highest BCUT2D eigenvalue weighted by Gasteiger charge is 2.27. The van der Waals surface area contributed by atoms with Gasteiger partial charge in [0, 0.05) is 17.9 Å². The number of methoxy groups -OCH3 is 1. The molecular weight excluding hydrogens is 548 g/mol. The average Bonchev–Trinajstić information content (AvgIpc) is 3.79. The standard InChI is InChI=1S/C26H26N10O4S/c1-38-20-9-8-16(12-17(20)15-41-26-29-18-6-2-3-7-21(18)39-26)13-28-31-25(37)22-19(14-35-10-4-5-11-35)30-34-36(22)24-23(27)32-40-33-24/h2-3,6-9,12-13H,4-5,10-11,14-15H2,1H3,(H2,27,32)(H,31,37). The smallest absolute Gasteiger partial charge is 0.292 e. The second-order valence-electron chi connectivity index (χ2n) is 9.26. The number of hydrogen-bond donors (Lipinski definition) is 2. The summed E-state index contributed by atoms with van der Waals surface area (Å²) in [6.07, 6.45) is 3.74. The minimum Gasteiger partial charge on any atom is -0.496 e. The van der Waals surface area contributed by atoms with Crippen molar-refractivity contribution < 1.29 is 18.6 Å². The quantitative estimate of drug-likeness (QED) is 0.142. The first kappa shape index (κ1) is 26.5. The van der Waals surface area contributed by atoms with E-state index in [9.17, 15) is 4.79 Å². The molecule has 0 radical (unpaired) electrons. The summed E-state index contributed by atoms with van der Waals surface area (Å²) in [6.45, 7) is 2.30. The lowest BCUT2D eigenvalue weighted by atomic mass is 10.1. The van der Waals surface area contributed by atoms with E-state index in [1.54, 1.807) is 13.3 Å². The van der Waals surface area contributed by atoms with E-state index in [1.807, 2.05) is 42.5 Å². The molecule has 0 bridgehead atoms. The molecule has 0 spiro atoms. The van der Waals surface area contributed by atoms with E-state index in [0.717, 1.165) is 53.9 Å². The summed E-state index contributed by atoms with van der Waals surface area (Å²) in [5, 5.41) is 20.4. The van der Waals surface area contributed by atoms with Crippen molar-refractivity contribution in [1.29, 1.82) is 0 Å². The van der Waals surface area contributed by atoms with E-state index in [2.05, 4.69) is 41.0 Å². The Balaban J connectivity index is 1.18. The fraction of sp³-hybridized carbons (Fsp3) is 0.269. The molecule has 0 saturated carbocycles. The monoisotopic (exact) mass is 574 g/mol. The molecule has 6 rings (SSSR count). The third-order valence-corrected chi connectivity index (χ3v) is 7.41. The highest BCUT2D eigenvalue weighted by molar-refractivity contribution is 7.98. The Hall–Kier alpha value is -4.76. The Kier molecular flexibility index (Phi) is 7.60. The van der Waals surface area contributed by atoms with Gasteiger partial charge in [-0.25, -0.2) is 15.0 Å². The molecule has 1 amide bonds. The zero-order valence-electron chi connectivity index (χ0n) is 22.1. The van der Waals surface area contributed by atoms with E-state index < -0.39 is 5.91 Å². The molecule has 210 valence electrons. The number of likely N-dealkylation sites (tertiary alicyclic amines) is 1. The number of fused-ring (bicyclic) bond motifs is 1. The summed E-state index contributed by atoms with van der Waals surface area (Å²) in [5.41, 5.74) is 12.3. The van der Waals surface area contributed by atoms with Gasteiger partial charge in [-0.05, 0) is 72.1 Å². The Morgan fingerprint density at radius 1 is 1.22 bits per heavy atom. The van der Waals surface area contributed by atoms with E-state index in [1.165, 1.54) is 16.4 Å². The SMILES string of the molecule is COc1ccc(C=NNC(=O)c2c(CN3CCCC3)nnn2-c2nonc2N)cc1CSc1nc2ccccc2o1. The van der Waals surface area contributed by atoms with Gasteiger partial charge in [0.1, 0.15) is 17.0 Å². The fourth-order valence-electron chi connectivity index (χ4n) is 4.55. The fourth-order valence-corrected chi connectivity index (χ4v) is 5.36. The third kappa shape index (κ3) is 5.76. The lowest BCUT2D eigenvalue weighted by Crippen LogP contribution is -2.26. The van der Waals surface area contributed by atoms with Crippen molar-refractivity contribution in [2.75, 3.05) is 25.9 Å². The number of oxazole rings is 1. The predicted octanol–water partition coefficient (Wildman–Crippen LogP) is 3.03. The van der Waals surface area contributed by atoms with Crippen LogP contribution in [0.5, 0.6) is 5.75 Å². The number of carbonyl (C=O) groups excluding carboxylic acids is 1. The molecule has 0 aliphatic carbocycles. The maximum Gasteiger partial charge on any atom is 0.292 e. The van der Waals surface area contributed by atoms with Gasteiger partial charge >= 0.3 is 0 Å². The van der Waals surface area contributed by atoms with Crippen LogP contribution in [-0.2, 0) is 12.3 Å². The van der Waals surface area contributed by atoms with Gasteiger partial charge in [-0.15, -0.1) is 5.10 Å². The van der Waals surface area contributed by atoms with E-state index in [-0.39, 0.29) is 17.3 Å². The third-order valence-electron chi connectivity index (χ3n) is 6.53. The van der Waals surface area contributed by atoms with Crippen LogP contribution in [0.15, 0.2) is 61.8 Å². The van der Waals surface area contributed by atoms with Gasteiger partial charge in [-0.2, -0.15) is 9.78 Å². The van der Waals surface area contributed by atoms with Crippen LogP contribution in [0.4, 0.5) is 5.82 Å². The Labute approximate surface area is 237 Å². The highest BCUT2D eigenvalue weighted by atomic mass is 32.2. The van der Waals surface area contributed by atoms with Gasteiger partial charge in [-0.1, -0.05) is 29.1 Å². The largest absolute Gasteiger partial charge is 0.496 e. The molecule has 3 N–H and O–H groups in total. The van der Waals surface area contributed by atoms with E-state index in [4.69, 9.17) is 19.5 Å². The molecule has 4 heterocycles. The Bertz CT molecular complexity index is 1670. The molecule has 2 aromatic carbocycles. The molecular formula is C26H26N10O4S. The maximum atomic E-state index is 13.3. The zero-order chi connectivity index (χ0) is 28.2. The number of hydrogen-bond acceptors (Lipinski definition) is 13. The molecule has 1 aliphatic rings. The predicted molar refractivity (Wildman–Crippen MR) is 150 cm³/mol. The van der Waals surface area contributed by atoms with Crippen LogP contribution in [-0.4, -0.2) is 67.5 Å². The minimum absolute atomic E-state index is 0.0124. The summed E-state index contributed by atoms with van der Waals surface area (Å²) in [5.74, 6) is 0.817. The number of benzene rings is 2. The van der Waals surface area contributed by atoms with Crippen molar-refractivity contribution >= 4 is 40.8 Å². The number of para-hydroxylation sites is 2. The van der Waals surface area contributed by atoms with Crippen molar-refractivity contribution in [2.24, 2.45) is 5.10 Å². The molecule has 14 nitrogen and oxygen atoms in total. The molecule has 1 aliphatic heterocycles. The number of thioether (sulfide) groups is 1. The number of aromatic nitrogens is 6. The summed E-state index contributed by atoms with van der Waals surface area (Å²) in [7, 11) is 1.62. The number of nitrogens with zero attached hydrogens (tertiary/aromatic N) is 8. The number of rotatable bonds is 10. The summed E-state index contributed by atoms with van der Waals surface area (Å²) in [6, 6.07) is 13.2. The highest BCUT2D eigenvalue weighted by Crippen LogP contribution is 2.30. The summed E-state index contributed by atoms with van der Waals surface area (Å²) in [4.78, 5) is 20.0. The molecule has 1 saturated heterocycles. The van der Waals surface area contributed by atoms with Crippen LogP contribution in [0.25, 0.3) is 16.9 Å². The van der Waals surface area contributed by atoms with Crippen LogP contribution in [0, 0.1) is 0 Å². The molecule has 3 aromatic heterocycles. The first-order chi connectivity index (χ1) is 20.1. The number of nitrogen functional groups attached to an aromatic ring is 1. The van der Waals surface area contributed by atoms with Gasteiger partial charge in [0.25, 0.3) is 11.1 Å². The van der Waals surface area contributed by atoms with Crippen molar-refractivity contribution in [3.05, 3.63) is 65.0 Å². The maximum absolute atomic E-state index is 13.3. The molecule has 1 fully saturated rings. The van der Waals surface area contributed by atoms with Gasteiger partial charge in [0.05, 0.1) is 13.3 Å². The summed E-state index contributed by atoms with van der Waals surface area (Å²) < 4.78 is 17.3. The topological polar surface area (TPSA) is 176 Å². The lowest BCUT2D eigenvalue weighted by Gasteiger charge is -2.13. The van der Waals surface area contributed by atoms with Crippen molar-refractivity contribution in [1.82, 2.24) is 40.6 Å². The van der Waals surface area contributed by atoms with E-state index >= 15 is 0 Å². The van der Waals surface area contributed by atoms with Gasteiger partial charge in [-0.3, -0.25) is 9.69 Å². The number of nitrogens with two attached hydrogens (primary N) is 1.